The molecule has 60 heavy (non-hydrogen) atoms. The molecule has 6 heteroatoms. The number of fused-ring (bicyclic) bond motifs is 2. The summed E-state index contributed by atoms with van der Waals surface area (Å²) in [7, 11) is -2.46. The molecule has 0 unspecified atom stereocenters. The van der Waals surface area contributed by atoms with Crippen LogP contribution in [0.4, 0.5) is 0 Å². The minimum atomic E-state index is -1.23. The van der Waals surface area contributed by atoms with E-state index in [0.29, 0.717) is 0 Å². The third kappa shape index (κ3) is 15.2. The van der Waals surface area contributed by atoms with E-state index < -0.39 is 16.1 Å². The minimum absolute atomic E-state index is 0. The zero-order chi connectivity index (χ0) is 41.0. The van der Waals surface area contributed by atoms with Crippen molar-refractivity contribution in [1.82, 2.24) is 0 Å². The standard InChI is InChI=1S/2C25H31Si.C3H7.CH3.2ClH.Si.Zr/c2*1-26(2,3)23-14-12-21(13-15-23)24-11-7-10-22-17-20(18-25(22)24)16-19-8-5-4-6-9-19;1-3-2;;;;;/h2*7,10-15,17-19H,4-6,8-9,16H2,1-3H3;1,3H2,2H3;1H3;2*1H;;/q4*-1;;;;. The van der Waals surface area contributed by atoms with Crippen LogP contribution in [0.15, 0.2) is 109 Å². The number of hydrogen-bond donors (Lipinski definition) is 0. The summed E-state index contributed by atoms with van der Waals surface area (Å²) in [4.78, 5) is 0. The summed E-state index contributed by atoms with van der Waals surface area (Å²) >= 11 is 1.36. The molecule has 0 N–H and O–H groups in total. The van der Waals surface area contributed by atoms with E-state index in [1.54, 1.807) is 0 Å². The van der Waals surface area contributed by atoms with E-state index >= 15 is 0 Å². The van der Waals surface area contributed by atoms with Gasteiger partial charge >= 0.3 is 30.2 Å². The number of hydrogen-bond acceptors (Lipinski definition) is 0. The maximum atomic E-state index is 3.49. The van der Waals surface area contributed by atoms with Gasteiger partial charge in [0, 0.05) is 0 Å². The molecule has 324 valence electrons. The van der Waals surface area contributed by atoms with Crippen molar-refractivity contribution < 1.29 is 23.3 Å². The van der Waals surface area contributed by atoms with Crippen molar-refractivity contribution >= 4 is 79.8 Å². The van der Waals surface area contributed by atoms with E-state index in [1.165, 1.54) is 166 Å². The van der Waals surface area contributed by atoms with Crippen LogP contribution in [0.2, 0.25) is 39.3 Å². The van der Waals surface area contributed by atoms with E-state index in [2.05, 4.69) is 162 Å². The van der Waals surface area contributed by atoms with Gasteiger partial charge in [0.2, 0.25) is 0 Å². The molecule has 2 aliphatic carbocycles. The summed E-state index contributed by atoms with van der Waals surface area (Å²) in [5, 5.41) is 8.74. The number of rotatable bonds is 8. The Hall–Kier alpha value is -1.79. The molecule has 0 nitrogen and oxygen atoms in total. The SMILES string of the molecule is C[Si](C)(C)c1ccc(-c2cccc3[cH-]c(CC4CCCCC4)cc23)cc1.C[Si](C)(C)c1ccc(-c2cccc3[cH-]c(CC4CCCCC4)cc23)cc1.Cl.Cl.[CH2-]CC.[CH3-].[Si]=[Zr]. The van der Waals surface area contributed by atoms with E-state index in [0.717, 1.165) is 18.3 Å². The van der Waals surface area contributed by atoms with Crippen LogP contribution in [0.5, 0.6) is 0 Å². The second-order valence-corrected chi connectivity index (χ2v) is 29.1. The van der Waals surface area contributed by atoms with Crippen molar-refractivity contribution in [2.45, 2.75) is 130 Å². The average molecular weight is 970 g/mol. The van der Waals surface area contributed by atoms with Crippen LogP contribution in [0.25, 0.3) is 43.8 Å². The molecule has 0 bridgehead atoms. The topological polar surface area (TPSA) is 0 Å². The summed E-state index contributed by atoms with van der Waals surface area (Å²) in [5.41, 5.74) is 8.56. The molecule has 6 aromatic rings. The Balaban J connectivity index is 0.000000358. The van der Waals surface area contributed by atoms with Gasteiger partial charge in [-0.3, -0.25) is 0 Å². The molecular formula is C54H74Cl2Si3Zr-4. The molecule has 0 heterocycles. The van der Waals surface area contributed by atoms with E-state index in [-0.39, 0.29) is 32.2 Å². The number of benzene rings is 4. The first-order chi connectivity index (χ1) is 27.4. The fourth-order valence-corrected chi connectivity index (χ4v) is 11.4. The third-order valence-corrected chi connectivity index (χ3v) is 16.4. The first kappa shape index (κ1) is 54.3. The van der Waals surface area contributed by atoms with Crippen molar-refractivity contribution in [1.29, 1.82) is 0 Å². The number of halogens is 2. The van der Waals surface area contributed by atoms with Crippen molar-refractivity contribution in [3.8, 4) is 22.3 Å². The second kappa shape index (κ2) is 26.1. The zero-order valence-electron chi connectivity index (χ0n) is 38.3. The fourth-order valence-electron chi connectivity index (χ4n) is 9.08. The summed E-state index contributed by atoms with van der Waals surface area (Å²) in [5.74, 6) is 1.81. The molecule has 2 saturated carbocycles. The van der Waals surface area contributed by atoms with Gasteiger partial charge in [0.15, 0.2) is 0 Å². The molecule has 0 aromatic heterocycles. The summed E-state index contributed by atoms with van der Waals surface area (Å²) in [6.07, 6.45) is 17.8. The van der Waals surface area contributed by atoms with Crippen LogP contribution in [0.3, 0.4) is 0 Å². The van der Waals surface area contributed by atoms with Gasteiger partial charge in [0.05, 0.1) is 16.1 Å². The van der Waals surface area contributed by atoms with Crippen molar-refractivity contribution in [3.05, 3.63) is 135 Å². The van der Waals surface area contributed by atoms with Crippen LogP contribution >= 0.6 is 24.8 Å². The van der Waals surface area contributed by atoms with Crippen LogP contribution in [0, 0.1) is 26.2 Å². The maximum absolute atomic E-state index is 3.49. The fraction of sp³-hybridized carbons (Fsp3) is 0.407. The van der Waals surface area contributed by atoms with Gasteiger partial charge in [0.1, 0.15) is 0 Å². The van der Waals surface area contributed by atoms with Gasteiger partial charge in [-0.1, -0.05) is 193 Å². The third-order valence-electron chi connectivity index (χ3n) is 12.2. The monoisotopic (exact) mass is 966 g/mol. The van der Waals surface area contributed by atoms with Crippen LogP contribution in [-0.4, -0.2) is 23.0 Å². The zero-order valence-corrected chi connectivity index (χ0v) is 45.4. The Kier molecular flexibility index (Phi) is 23.6. The molecule has 0 spiro atoms. The molecule has 0 saturated heterocycles. The first-order valence-corrected chi connectivity index (χ1v) is 33.2. The molecule has 0 aliphatic heterocycles. The molecule has 0 atom stereocenters. The molecule has 2 aliphatic rings. The Labute approximate surface area is 398 Å². The van der Waals surface area contributed by atoms with Crippen molar-refractivity contribution in [2.75, 3.05) is 0 Å². The van der Waals surface area contributed by atoms with Gasteiger partial charge < -0.3 is 14.4 Å². The van der Waals surface area contributed by atoms with E-state index in [1.807, 2.05) is 6.92 Å². The van der Waals surface area contributed by atoms with Crippen molar-refractivity contribution in [2.24, 2.45) is 11.8 Å². The van der Waals surface area contributed by atoms with E-state index in [9.17, 15) is 0 Å². The second-order valence-electron chi connectivity index (χ2n) is 18.9. The Morgan fingerprint density at radius 2 is 0.867 bits per heavy atom. The molecule has 0 amide bonds. The van der Waals surface area contributed by atoms with Gasteiger partial charge in [-0.15, -0.1) is 93.9 Å². The van der Waals surface area contributed by atoms with Gasteiger partial charge in [-0.25, -0.2) is 0 Å². The first-order valence-electron chi connectivity index (χ1n) is 22.1. The van der Waals surface area contributed by atoms with Crippen LogP contribution in [0.1, 0.15) is 88.7 Å². The van der Waals surface area contributed by atoms with Gasteiger partial charge in [-0.05, 0) is 35.8 Å². The van der Waals surface area contributed by atoms with Gasteiger partial charge in [0.25, 0.3) is 0 Å². The Bertz CT molecular complexity index is 1950. The summed E-state index contributed by atoms with van der Waals surface area (Å²) in [6, 6.07) is 42.1. The van der Waals surface area contributed by atoms with Crippen LogP contribution < -0.4 is 10.4 Å². The normalized spacial score (nSPS) is 14.4. The van der Waals surface area contributed by atoms with Crippen LogP contribution in [-0.2, 0) is 36.2 Å². The predicted molar refractivity (Wildman–Crippen MR) is 279 cm³/mol. The molecule has 2 radical (unpaired) electrons. The molecule has 6 aromatic carbocycles. The molecular weight excluding hydrogens is 895 g/mol. The summed E-state index contributed by atoms with van der Waals surface area (Å²) < 4.78 is 0. The Morgan fingerprint density at radius 3 is 1.17 bits per heavy atom. The predicted octanol–water partition coefficient (Wildman–Crippen LogP) is 15.9. The van der Waals surface area contributed by atoms with Gasteiger partial charge in [-0.2, -0.15) is 18.6 Å². The summed E-state index contributed by atoms with van der Waals surface area (Å²) in [6.45, 7) is 23.0. The van der Waals surface area contributed by atoms with Crippen molar-refractivity contribution in [3.63, 3.8) is 0 Å². The average Bonchev–Trinajstić information content (AvgIpc) is 3.83. The quantitative estimate of drug-likeness (QED) is 0.105. The van der Waals surface area contributed by atoms with E-state index in [4.69, 9.17) is 0 Å². The molecule has 2 fully saturated rings. The Morgan fingerprint density at radius 1 is 0.550 bits per heavy atom. The molecule has 8 rings (SSSR count).